The highest BCUT2D eigenvalue weighted by Crippen LogP contribution is 2.27. The number of furan rings is 1. The molecule has 0 atom stereocenters. The molecule has 0 aliphatic heterocycles. The van der Waals surface area contributed by atoms with Crippen molar-refractivity contribution in [3.05, 3.63) is 71.8 Å². The van der Waals surface area contributed by atoms with Crippen molar-refractivity contribution in [3.8, 4) is 11.5 Å². The number of anilines is 1. The van der Waals surface area contributed by atoms with Crippen molar-refractivity contribution < 1.29 is 18.7 Å². The molecule has 3 rings (SSSR count). The van der Waals surface area contributed by atoms with Gasteiger partial charge in [-0.2, -0.15) is 0 Å². The lowest BCUT2D eigenvalue weighted by Gasteiger charge is -2.10. The van der Waals surface area contributed by atoms with Gasteiger partial charge in [-0.1, -0.05) is 6.07 Å². The maximum Gasteiger partial charge on any atom is 0.253 e. The molecule has 0 saturated heterocycles. The molecule has 0 fully saturated rings. The normalized spacial score (nSPS) is 10.4. The standard InChI is InChI=1S/C21H23N3O4/c1-26-18-7-5-15(12-19(18)27-2)9-10-22-20-8-6-16(13-23-20)21(25)24-14-17-4-3-11-28-17/h3-8,11-13H,9-10,14H2,1-2H3,(H,22,23)(H,24,25). The summed E-state index contributed by atoms with van der Waals surface area (Å²) in [6, 6.07) is 13.0. The zero-order valence-corrected chi connectivity index (χ0v) is 15.9. The number of pyridine rings is 1. The number of hydrogen-bond acceptors (Lipinski definition) is 6. The molecule has 0 aliphatic rings. The molecule has 2 N–H and O–H groups in total. The van der Waals surface area contributed by atoms with Crippen LogP contribution >= 0.6 is 0 Å². The summed E-state index contributed by atoms with van der Waals surface area (Å²) in [5.74, 6) is 2.64. The van der Waals surface area contributed by atoms with E-state index in [1.807, 2.05) is 24.3 Å². The molecule has 0 spiro atoms. The van der Waals surface area contributed by atoms with E-state index in [0.29, 0.717) is 41.7 Å². The Morgan fingerprint density at radius 1 is 1.11 bits per heavy atom. The summed E-state index contributed by atoms with van der Waals surface area (Å²) in [4.78, 5) is 16.4. The van der Waals surface area contributed by atoms with Gasteiger partial charge in [-0.3, -0.25) is 4.79 Å². The molecule has 0 saturated carbocycles. The Hall–Kier alpha value is -3.48. The van der Waals surface area contributed by atoms with Crippen molar-refractivity contribution in [1.29, 1.82) is 0 Å². The van der Waals surface area contributed by atoms with Gasteiger partial charge in [0.05, 0.1) is 32.6 Å². The summed E-state index contributed by atoms with van der Waals surface area (Å²) < 4.78 is 15.8. The van der Waals surface area contributed by atoms with Crippen LogP contribution in [-0.2, 0) is 13.0 Å². The van der Waals surface area contributed by atoms with Gasteiger partial charge in [0.2, 0.25) is 0 Å². The lowest BCUT2D eigenvalue weighted by atomic mass is 10.1. The molecular weight excluding hydrogens is 358 g/mol. The predicted octanol–water partition coefficient (Wildman–Crippen LogP) is 3.28. The number of amides is 1. The van der Waals surface area contributed by atoms with Gasteiger partial charge in [-0.25, -0.2) is 4.98 Å². The third-order valence-electron chi connectivity index (χ3n) is 4.20. The minimum absolute atomic E-state index is 0.194. The first-order valence-corrected chi connectivity index (χ1v) is 8.91. The number of rotatable bonds is 9. The summed E-state index contributed by atoms with van der Waals surface area (Å²) >= 11 is 0. The number of benzene rings is 1. The first kappa shape index (κ1) is 19.3. The highest BCUT2D eigenvalue weighted by Gasteiger charge is 2.07. The van der Waals surface area contributed by atoms with Crippen LogP contribution in [0.2, 0.25) is 0 Å². The predicted molar refractivity (Wildman–Crippen MR) is 106 cm³/mol. The van der Waals surface area contributed by atoms with Crippen molar-refractivity contribution in [2.75, 3.05) is 26.1 Å². The summed E-state index contributed by atoms with van der Waals surface area (Å²) in [5.41, 5.74) is 1.62. The lowest BCUT2D eigenvalue weighted by Crippen LogP contribution is -2.22. The van der Waals surface area contributed by atoms with Crippen molar-refractivity contribution in [3.63, 3.8) is 0 Å². The van der Waals surface area contributed by atoms with Crippen LogP contribution in [0.3, 0.4) is 0 Å². The summed E-state index contributed by atoms with van der Waals surface area (Å²) in [5, 5.41) is 6.04. The smallest absolute Gasteiger partial charge is 0.253 e. The first-order valence-electron chi connectivity index (χ1n) is 8.91. The fourth-order valence-corrected chi connectivity index (χ4v) is 2.69. The molecule has 2 heterocycles. The zero-order valence-electron chi connectivity index (χ0n) is 15.9. The SMILES string of the molecule is COc1ccc(CCNc2ccc(C(=O)NCc3ccco3)cn2)cc1OC. The van der Waals surface area contributed by atoms with E-state index in [-0.39, 0.29) is 5.91 Å². The molecule has 0 bridgehead atoms. The van der Waals surface area contributed by atoms with Crippen LogP contribution in [0.1, 0.15) is 21.7 Å². The van der Waals surface area contributed by atoms with E-state index < -0.39 is 0 Å². The molecule has 0 radical (unpaired) electrons. The monoisotopic (exact) mass is 381 g/mol. The van der Waals surface area contributed by atoms with E-state index in [4.69, 9.17) is 13.9 Å². The van der Waals surface area contributed by atoms with Crippen molar-refractivity contribution in [1.82, 2.24) is 10.3 Å². The van der Waals surface area contributed by atoms with Crippen LogP contribution in [0.5, 0.6) is 11.5 Å². The fourth-order valence-electron chi connectivity index (χ4n) is 2.69. The van der Waals surface area contributed by atoms with Gasteiger partial charge in [0.25, 0.3) is 5.91 Å². The van der Waals surface area contributed by atoms with E-state index in [1.165, 1.54) is 0 Å². The second kappa shape index (κ2) is 9.45. The molecule has 0 unspecified atom stereocenters. The van der Waals surface area contributed by atoms with E-state index >= 15 is 0 Å². The van der Waals surface area contributed by atoms with Gasteiger partial charge in [-0.15, -0.1) is 0 Å². The molecule has 28 heavy (non-hydrogen) atoms. The Bertz CT molecular complexity index is 893. The fraction of sp³-hybridized carbons (Fsp3) is 0.238. The third-order valence-corrected chi connectivity index (χ3v) is 4.20. The number of nitrogens with zero attached hydrogens (tertiary/aromatic N) is 1. The maximum atomic E-state index is 12.1. The van der Waals surface area contributed by atoms with Gasteiger partial charge in [0.15, 0.2) is 11.5 Å². The van der Waals surface area contributed by atoms with Gasteiger partial charge >= 0.3 is 0 Å². The topological polar surface area (TPSA) is 85.6 Å². The van der Waals surface area contributed by atoms with E-state index in [9.17, 15) is 4.79 Å². The van der Waals surface area contributed by atoms with Gasteiger partial charge in [0, 0.05) is 12.7 Å². The highest BCUT2D eigenvalue weighted by molar-refractivity contribution is 5.93. The molecule has 7 heteroatoms. The van der Waals surface area contributed by atoms with Crippen LogP contribution in [-0.4, -0.2) is 31.7 Å². The van der Waals surface area contributed by atoms with Crippen LogP contribution < -0.4 is 20.1 Å². The minimum Gasteiger partial charge on any atom is -0.493 e. The second-order valence-electron chi connectivity index (χ2n) is 6.06. The van der Waals surface area contributed by atoms with Gasteiger partial charge in [-0.05, 0) is 48.4 Å². The summed E-state index contributed by atoms with van der Waals surface area (Å²) in [6.07, 6.45) is 3.93. The van der Waals surface area contributed by atoms with E-state index in [1.54, 1.807) is 44.9 Å². The molecule has 146 valence electrons. The maximum absolute atomic E-state index is 12.1. The van der Waals surface area contributed by atoms with Gasteiger partial charge < -0.3 is 24.5 Å². The summed E-state index contributed by atoms with van der Waals surface area (Å²) in [6.45, 7) is 1.05. The highest BCUT2D eigenvalue weighted by atomic mass is 16.5. The minimum atomic E-state index is -0.194. The number of nitrogens with one attached hydrogen (secondary N) is 2. The molecule has 1 amide bonds. The Morgan fingerprint density at radius 3 is 2.64 bits per heavy atom. The van der Waals surface area contributed by atoms with Gasteiger partial charge in [0.1, 0.15) is 11.6 Å². The third kappa shape index (κ3) is 5.03. The number of carbonyl (C=O) groups is 1. The average Bonchev–Trinajstić information content (AvgIpc) is 3.26. The Balaban J connectivity index is 1.48. The number of carbonyl (C=O) groups excluding carboxylic acids is 1. The Labute approximate surface area is 163 Å². The molecular formula is C21H23N3O4. The van der Waals surface area contributed by atoms with Crippen LogP contribution in [0, 0.1) is 0 Å². The largest absolute Gasteiger partial charge is 0.493 e. The van der Waals surface area contributed by atoms with E-state index in [2.05, 4.69) is 15.6 Å². The number of aromatic nitrogens is 1. The Morgan fingerprint density at radius 2 is 1.96 bits per heavy atom. The zero-order chi connectivity index (χ0) is 19.8. The quantitative estimate of drug-likeness (QED) is 0.592. The van der Waals surface area contributed by atoms with E-state index in [0.717, 1.165) is 12.0 Å². The van der Waals surface area contributed by atoms with Crippen molar-refractivity contribution in [2.45, 2.75) is 13.0 Å². The van der Waals surface area contributed by atoms with Crippen LogP contribution in [0.25, 0.3) is 0 Å². The molecule has 2 aromatic heterocycles. The summed E-state index contributed by atoms with van der Waals surface area (Å²) in [7, 11) is 3.24. The number of methoxy groups -OCH3 is 2. The second-order valence-corrected chi connectivity index (χ2v) is 6.06. The molecule has 0 aliphatic carbocycles. The molecule has 3 aromatic rings. The van der Waals surface area contributed by atoms with Crippen LogP contribution in [0.15, 0.2) is 59.3 Å². The number of hydrogen-bond donors (Lipinski definition) is 2. The lowest BCUT2D eigenvalue weighted by molar-refractivity contribution is 0.0947. The first-order chi connectivity index (χ1) is 13.7. The van der Waals surface area contributed by atoms with Crippen molar-refractivity contribution >= 4 is 11.7 Å². The molecule has 1 aromatic carbocycles. The average molecular weight is 381 g/mol. The molecule has 7 nitrogen and oxygen atoms in total. The van der Waals surface area contributed by atoms with Crippen LogP contribution in [0.4, 0.5) is 5.82 Å². The van der Waals surface area contributed by atoms with Crippen molar-refractivity contribution in [2.24, 2.45) is 0 Å². The Kier molecular flexibility index (Phi) is 6.51. The number of ether oxygens (including phenoxy) is 2.